The Bertz CT molecular complexity index is 106. The molecule has 1 rings (SSSR count). The van der Waals surface area contributed by atoms with Gasteiger partial charge in [0.25, 0.3) is 0 Å². The summed E-state index contributed by atoms with van der Waals surface area (Å²) in [4.78, 5) is 0. The molecule has 12 heavy (non-hydrogen) atoms. The minimum atomic E-state index is 0.445. The molecular weight excluding hydrogens is 150 g/mol. The van der Waals surface area contributed by atoms with E-state index in [2.05, 4.69) is 12.2 Å². The first kappa shape index (κ1) is 10.0. The number of hydrogen-bond acceptors (Lipinski definition) is 2. The van der Waals surface area contributed by atoms with Gasteiger partial charge in [-0.15, -0.1) is 0 Å². The second kappa shape index (κ2) is 5.55. The van der Waals surface area contributed by atoms with E-state index in [9.17, 15) is 0 Å². The maximum Gasteiger partial charge on any atom is 0.0699 e. The molecule has 0 aromatic heterocycles. The summed E-state index contributed by atoms with van der Waals surface area (Å²) in [6.45, 7) is 4.20. The van der Waals surface area contributed by atoms with Gasteiger partial charge in [0.15, 0.2) is 0 Å². The zero-order valence-corrected chi connectivity index (χ0v) is 8.31. The van der Waals surface area contributed by atoms with E-state index in [4.69, 9.17) is 4.74 Å². The van der Waals surface area contributed by atoms with E-state index in [1.807, 2.05) is 7.05 Å². The second-order valence-corrected chi connectivity index (χ2v) is 3.75. The summed E-state index contributed by atoms with van der Waals surface area (Å²) >= 11 is 0. The van der Waals surface area contributed by atoms with Crippen molar-refractivity contribution in [2.24, 2.45) is 5.92 Å². The molecule has 1 fully saturated rings. The highest BCUT2D eigenvalue weighted by atomic mass is 16.5. The van der Waals surface area contributed by atoms with Crippen molar-refractivity contribution in [3.05, 3.63) is 0 Å². The van der Waals surface area contributed by atoms with Crippen LogP contribution in [0.25, 0.3) is 0 Å². The van der Waals surface area contributed by atoms with Crippen LogP contribution in [-0.2, 0) is 4.74 Å². The third-order valence-corrected chi connectivity index (χ3v) is 2.31. The molecule has 0 radical (unpaired) electrons. The molecule has 0 bridgehead atoms. The molecular formula is C10H21NO. The fraction of sp³-hybridized carbons (Fsp3) is 1.00. The molecule has 2 nitrogen and oxygen atoms in total. The molecule has 0 saturated heterocycles. The van der Waals surface area contributed by atoms with Crippen molar-refractivity contribution in [2.75, 3.05) is 20.2 Å². The van der Waals surface area contributed by atoms with Crippen LogP contribution in [0.1, 0.15) is 32.6 Å². The molecule has 0 amide bonds. The van der Waals surface area contributed by atoms with Crippen molar-refractivity contribution in [3.63, 3.8) is 0 Å². The smallest absolute Gasteiger partial charge is 0.0699 e. The Kier molecular flexibility index (Phi) is 4.62. The summed E-state index contributed by atoms with van der Waals surface area (Å²) in [6, 6.07) is 0. The van der Waals surface area contributed by atoms with Crippen molar-refractivity contribution in [2.45, 2.75) is 38.7 Å². The maximum absolute atomic E-state index is 5.78. The first-order valence-corrected chi connectivity index (χ1v) is 5.13. The van der Waals surface area contributed by atoms with Gasteiger partial charge in [-0.3, -0.25) is 0 Å². The van der Waals surface area contributed by atoms with Gasteiger partial charge in [-0.2, -0.15) is 0 Å². The summed E-state index contributed by atoms with van der Waals surface area (Å²) < 4.78 is 5.78. The standard InChI is InChI=1S/C10H21NO/c1-3-4-10(7-11-2)12-8-9-5-6-9/h9-11H,3-8H2,1-2H3. The van der Waals surface area contributed by atoms with E-state index < -0.39 is 0 Å². The largest absolute Gasteiger partial charge is 0.377 e. The highest BCUT2D eigenvalue weighted by Crippen LogP contribution is 2.29. The van der Waals surface area contributed by atoms with Crippen molar-refractivity contribution in [3.8, 4) is 0 Å². The van der Waals surface area contributed by atoms with Crippen LogP contribution in [-0.4, -0.2) is 26.3 Å². The van der Waals surface area contributed by atoms with Gasteiger partial charge >= 0.3 is 0 Å². The first-order chi connectivity index (χ1) is 5.86. The molecule has 72 valence electrons. The maximum atomic E-state index is 5.78. The highest BCUT2D eigenvalue weighted by Gasteiger charge is 2.22. The van der Waals surface area contributed by atoms with Crippen LogP contribution in [0, 0.1) is 5.92 Å². The van der Waals surface area contributed by atoms with Crippen LogP contribution >= 0.6 is 0 Å². The monoisotopic (exact) mass is 171 g/mol. The van der Waals surface area contributed by atoms with Gasteiger partial charge in [0.2, 0.25) is 0 Å². The normalized spacial score (nSPS) is 19.5. The van der Waals surface area contributed by atoms with Gasteiger partial charge in [-0.1, -0.05) is 13.3 Å². The molecule has 1 N–H and O–H groups in total. The lowest BCUT2D eigenvalue weighted by atomic mass is 10.2. The predicted octanol–water partition coefficient (Wildman–Crippen LogP) is 1.80. The van der Waals surface area contributed by atoms with Gasteiger partial charge < -0.3 is 10.1 Å². The Morgan fingerprint density at radius 2 is 2.25 bits per heavy atom. The Balaban J connectivity index is 2.03. The molecule has 1 aliphatic carbocycles. The number of likely N-dealkylation sites (N-methyl/N-ethyl adjacent to an activating group) is 1. The van der Waals surface area contributed by atoms with Crippen LogP contribution in [0.4, 0.5) is 0 Å². The molecule has 0 spiro atoms. The SMILES string of the molecule is CCCC(CNC)OCC1CC1. The van der Waals surface area contributed by atoms with E-state index in [1.54, 1.807) is 0 Å². The average molecular weight is 171 g/mol. The molecule has 0 aliphatic heterocycles. The Morgan fingerprint density at radius 3 is 2.75 bits per heavy atom. The first-order valence-electron chi connectivity index (χ1n) is 5.13. The lowest BCUT2D eigenvalue weighted by Gasteiger charge is -2.16. The van der Waals surface area contributed by atoms with E-state index in [0.717, 1.165) is 19.1 Å². The number of nitrogens with one attached hydrogen (secondary N) is 1. The van der Waals surface area contributed by atoms with E-state index in [-0.39, 0.29) is 0 Å². The summed E-state index contributed by atoms with van der Waals surface area (Å²) in [5.41, 5.74) is 0. The zero-order chi connectivity index (χ0) is 8.81. The van der Waals surface area contributed by atoms with Crippen LogP contribution in [0.3, 0.4) is 0 Å². The summed E-state index contributed by atoms with van der Waals surface area (Å²) in [5.74, 6) is 0.890. The average Bonchev–Trinajstić information content (AvgIpc) is 2.84. The van der Waals surface area contributed by atoms with Gasteiger partial charge in [0.05, 0.1) is 6.10 Å². The summed E-state index contributed by atoms with van der Waals surface area (Å²) in [7, 11) is 1.99. The topological polar surface area (TPSA) is 21.3 Å². The molecule has 0 aromatic carbocycles. The zero-order valence-electron chi connectivity index (χ0n) is 8.31. The number of hydrogen-bond donors (Lipinski definition) is 1. The third-order valence-electron chi connectivity index (χ3n) is 2.31. The highest BCUT2D eigenvalue weighted by molar-refractivity contribution is 4.73. The van der Waals surface area contributed by atoms with Crippen LogP contribution in [0.2, 0.25) is 0 Å². The van der Waals surface area contributed by atoms with E-state index in [1.165, 1.54) is 25.7 Å². The Hall–Kier alpha value is -0.0800. The second-order valence-electron chi connectivity index (χ2n) is 3.75. The van der Waals surface area contributed by atoms with Crippen molar-refractivity contribution in [1.29, 1.82) is 0 Å². The van der Waals surface area contributed by atoms with E-state index in [0.29, 0.717) is 6.10 Å². The lowest BCUT2D eigenvalue weighted by molar-refractivity contribution is 0.0413. The Labute approximate surface area is 75.7 Å². The van der Waals surface area contributed by atoms with Crippen molar-refractivity contribution < 1.29 is 4.74 Å². The molecule has 0 aromatic rings. The summed E-state index contributed by atoms with van der Waals surface area (Å²) in [6.07, 6.45) is 5.63. The minimum absolute atomic E-state index is 0.445. The molecule has 1 aliphatic rings. The van der Waals surface area contributed by atoms with E-state index >= 15 is 0 Å². The quantitative estimate of drug-likeness (QED) is 0.630. The van der Waals surface area contributed by atoms with Crippen LogP contribution in [0.15, 0.2) is 0 Å². The van der Waals surface area contributed by atoms with Crippen molar-refractivity contribution in [1.82, 2.24) is 5.32 Å². The third kappa shape index (κ3) is 4.07. The van der Waals surface area contributed by atoms with Gasteiger partial charge in [0.1, 0.15) is 0 Å². The van der Waals surface area contributed by atoms with Gasteiger partial charge in [0, 0.05) is 13.2 Å². The van der Waals surface area contributed by atoms with Crippen LogP contribution in [0.5, 0.6) is 0 Å². The van der Waals surface area contributed by atoms with Gasteiger partial charge in [-0.05, 0) is 32.2 Å². The van der Waals surface area contributed by atoms with Crippen molar-refractivity contribution >= 4 is 0 Å². The fourth-order valence-electron chi connectivity index (χ4n) is 1.35. The number of rotatable bonds is 7. The molecule has 2 heteroatoms. The molecule has 1 saturated carbocycles. The predicted molar refractivity (Wildman–Crippen MR) is 51.3 cm³/mol. The molecule has 0 heterocycles. The number of ether oxygens (including phenoxy) is 1. The minimum Gasteiger partial charge on any atom is -0.377 e. The lowest BCUT2D eigenvalue weighted by Crippen LogP contribution is -2.27. The summed E-state index contributed by atoms with van der Waals surface area (Å²) in [5, 5.41) is 3.17. The fourth-order valence-corrected chi connectivity index (χ4v) is 1.35. The molecule has 1 atom stereocenters. The van der Waals surface area contributed by atoms with Gasteiger partial charge in [-0.25, -0.2) is 0 Å². The van der Waals surface area contributed by atoms with Crippen LogP contribution < -0.4 is 5.32 Å². The molecule has 1 unspecified atom stereocenters. The Morgan fingerprint density at radius 1 is 1.50 bits per heavy atom.